The number of hydrogen-bond donors (Lipinski definition) is 0. The Morgan fingerprint density at radius 2 is 2.12 bits per heavy atom. The minimum atomic E-state index is -0.245. The molecule has 0 fully saturated rings. The van der Waals surface area contributed by atoms with Crippen molar-refractivity contribution < 1.29 is 9.53 Å². The molecule has 2 rings (SSSR count). The standard InChI is InChI=1S/C13H13BrO2S/c1-7(2)16-13(15)10-6-9-5-4-8(3)11(14)12(9)17-10/h4-7H,1-3H3. The molecule has 1 aromatic carbocycles. The summed E-state index contributed by atoms with van der Waals surface area (Å²) < 4.78 is 7.35. The molecular formula is C13H13BrO2S. The van der Waals surface area contributed by atoms with E-state index in [-0.39, 0.29) is 12.1 Å². The van der Waals surface area contributed by atoms with Crippen LogP contribution in [0.25, 0.3) is 10.1 Å². The van der Waals surface area contributed by atoms with Gasteiger partial charge in [0.2, 0.25) is 0 Å². The highest BCUT2D eigenvalue weighted by atomic mass is 79.9. The first kappa shape index (κ1) is 12.6. The maximum absolute atomic E-state index is 11.8. The van der Waals surface area contributed by atoms with Gasteiger partial charge in [0.25, 0.3) is 0 Å². The van der Waals surface area contributed by atoms with Gasteiger partial charge in [0.15, 0.2) is 0 Å². The van der Waals surface area contributed by atoms with Gasteiger partial charge in [-0.2, -0.15) is 0 Å². The van der Waals surface area contributed by atoms with E-state index in [1.807, 2.05) is 39.0 Å². The van der Waals surface area contributed by atoms with Crippen molar-refractivity contribution >= 4 is 43.3 Å². The quantitative estimate of drug-likeness (QED) is 0.761. The van der Waals surface area contributed by atoms with Crippen LogP contribution in [0.2, 0.25) is 0 Å². The van der Waals surface area contributed by atoms with Gasteiger partial charge in [-0.05, 0) is 53.7 Å². The lowest BCUT2D eigenvalue weighted by Crippen LogP contribution is -2.09. The van der Waals surface area contributed by atoms with Crippen LogP contribution in [0, 0.1) is 6.92 Å². The topological polar surface area (TPSA) is 26.3 Å². The van der Waals surface area contributed by atoms with Gasteiger partial charge >= 0.3 is 5.97 Å². The molecule has 1 aromatic heterocycles. The molecule has 0 bridgehead atoms. The molecule has 0 radical (unpaired) electrons. The van der Waals surface area contributed by atoms with E-state index >= 15 is 0 Å². The van der Waals surface area contributed by atoms with Crippen molar-refractivity contribution in [3.63, 3.8) is 0 Å². The minimum Gasteiger partial charge on any atom is -0.459 e. The number of ether oxygens (including phenoxy) is 1. The summed E-state index contributed by atoms with van der Waals surface area (Å²) in [5.41, 5.74) is 1.17. The van der Waals surface area contributed by atoms with Gasteiger partial charge in [0, 0.05) is 9.17 Å². The van der Waals surface area contributed by atoms with Crippen molar-refractivity contribution in [3.8, 4) is 0 Å². The monoisotopic (exact) mass is 312 g/mol. The van der Waals surface area contributed by atoms with Crippen LogP contribution < -0.4 is 0 Å². The van der Waals surface area contributed by atoms with Gasteiger partial charge in [-0.25, -0.2) is 4.79 Å². The van der Waals surface area contributed by atoms with Crippen molar-refractivity contribution in [1.29, 1.82) is 0 Å². The number of halogens is 1. The van der Waals surface area contributed by atoms with E-state index in [0.29, 0.717) is 4.88 Å². The Bertz CT molecular complexity index is 572. The molecule has 0 aliphatic heterocycles. The van der Waals surface area contributed by atoms with Crippen molar-refractivity contribution in [2.45, 2.75) is 26.9 Å². The number of thiophene rings is 1. The van der Waals surface area contributed by atoms with Crippen LogP contribution >= 0.6 is 27.3 Å². The maximum atomic E-state index is 11.8. The van der Waals surface area contributed by atoms with Crippen LogP contribution in [-0.4, -0.2) is 12.1 Å². The third-order valence-electron chi connectivity index (χ3n) is 2.36. The molecule has 4 heteroatoms. The summed E-state index contributed by atoms with van der Waals surface area (Å²) in [5, 5.41) is 1.07. The summed E-state index contributed by atoms with van der Waals surface area (Å²) in [4.78, 5) is 12.4. The molecule has 0 spiro atoms. The summed E-state index contributed by atoms with van der Waals surface area (Å²) in [6.07, 6.45) is -0.0853. The Balaban J connectivity index is 2.45. The fourth-order valence-corrected chi connectivity index (χ4v) is 3.18. The molecule has 0 saturated carbocycles. The highest BCUT2D eigenvalue weighted by Crippen LogP contribution is 2.34. The number of aryl methyl sites for hydroxylation is 1. The number of carbonyl (C=O) groups excluding carboxylic acids is 1. The Kier molecular flexibility index (Phi) is 3.54. The maximum Gasteiger partial charge on any atom is 0.348 e. The van der Waals surface area contributed by atoms with Crippen molar-refractivity contribution in [2.24, 2.45) is 0 Å². The third kappa shape index (κ3) is 2.53. The molecule has 90 valence electrons. The Labute approximate surface area is 113 Å². The fraction of sp³-hybridized carbons (Fsp3) is 0.308. The molecule has 0 aliphatic rings. The number of benzene rings is 1. The summed E-state index contributed by atoms with van der Waals surface area (Å²) >= 11 is 5.02. The summed E-state index contributed by atoms with van der Waals surface area (Å²) in [5.74, 6) is -0.245. The zero-order valence-electron chi connectivity index (χ0n) is 9.91. The average molecular weight is 313 g/mol. The van der Waals surface area contributed by atoms with Gasteiger partial charge < -0.3 is 4.74 Å². The van der Waals surface area contributed by atoms with Crippen molar-refractivity contribution in [1.82, 2.24) is 0 Å². The zero-order valence-corrected chi connectivity index (χ0v) is 12.3. The molecule has 0 N–H and O–H groups in total. The van der Waals surface area contributed by atoms with E-state index in [0.717, 1.165) is 14.6 Å². The number of carbonyl (C=O) groups is 1. The Hall–Kier alpha value is -0.870. The van der Waals surface area contributed by atoms with E-state index in [1.165, 1.54) is 16.9 Å². The second-order valence-electron chi connectivity index (χ2n) is 4.18. The van der Waals surface area contributed by atoms with Crippen LogP contribution in [0.1, 0.15) is 29.1 Å². The first-order chi connectivity index (χ1) is 7.99. The van der Waals surface area contributed by atoms with Crippen LogP contribution in [0.3, 0.4) is 0 Å². The Morgan fingerprint density at radius 3 is 2.76 bits per heavy atom. The van der Waals surface area contributed by atoms with Crippen molar-refractivity contribution in [3.05, 3.63) is 33.1 Å². The van der Waals surface area contributed by atoms with Crippen LogP contribution in [0.15, 0.2) is 22.7 Å². The van der Waals surface area contributed by atoms with Gasteiger partial charge in [-0.3, -0.25) is 0 Å². The number of rotatable bonds is 2. The summed E-state index contributed by atoms with van der Waals surface area (Å²) in [7, 11) is 0. The summed E-state index contributed by atoms with van der Waals surface area (Å²) in [6, 6.07) is 5.95. The molecule has 0 amide bonds. The molecule has 0 unspecified atom stereocenters. The van der Waals surface area contributed by atoms with Gasteiger partial charge in [-0.1, -0.05) is 12.1 Å². The normalized spacial score (nSPS) is 11.1. The largest absolute Gasteiger partial charge is 0.459 e. The van der Waals surface area contributed by atoms with E-state index in [9.17, 15) is 4.79 Å². The third-order valence-corrected chi connectivity index (χ3v) is 4.80. The lowest BCUT2D eigenvalue weighted by Gasteiger charge is -2.05. The summed E-state index contributed by atoms with van der Waals surface area (Å²) in [6.45, 7) is 5.74. The number of esters is 1. The average Bonchev–Trinajstić information content (AvgIpc) is 2.67. The van der Waals surface area contributed by atoms with Crippen molar-refractivity contribution in [2.75, 3.05) is 0 Å². The second kappa shape index (κ2) is 4.78. The minimum absolute atomic E-state index is 0.0853. The lowest BCUT2D eigenvalue weighted by molar-refractivity contribution is 0.0384. The molecule has 0 saturated heterocycles. The predicted octanol–water partition coefficient (Wildman–Crippen LogP) is 4.54. The number of fused-ring (bicyclic) bond motifs is 1. The fourth-order valence-electron chi connectivity index (χ4n) is 1.54. The van der Waals surface area contributed by atoms with Crippen LogP contribution in [0.4, 0.5) is 0 Å². The molecule has 0 aliphatic carbocycles. The molecule has 2 nitrogen and oxygen atoms in total. The zero-order chi connectivity index (χ0) is 12.6. The Morgan fingerprint density at radius 1 is 1.41 bits per heavy atom. The highest BCUT2D eigenvalue weighted by molar-refractivity contribution is 9.10. The van der Waals surface area contributed by atoms with Gasteiger partial charge in [-0.15, -0.1) is 11.3 Å². The number of hydrogen-bond acceptors (Lipinski definition) is 3. The van der Waals surface area contributed by atoms with E-state index < -0.39 is 0 Å². The molecule has 0 atom stereocenters. The van der Waals surface area contributed by atoms with Crippen LogP contribution in [0.5, 0.6) is 0 Å². The molecule has 1 heterocycles. The SMILES string of the molecule is Cc1ccc2cc(C(=O)OC(C)C)sc2c1Br. The highest BCUT2D eigenvalue weighted by Gasteiger charge is 2.14. The van der Waals surface area contributed by atoms with Gasteiger partial charge in [0.05, 0.1) is 6.10 Å². The first-order valence-corrected chi connectivity index (χ1v) is 6.99. The molecular weight excluding hydrogens is 300 g/mol. The predicted molar refractivity (Wildman–Crippen MR) is 74.8 cm³/mol. The van der Waals surface area contributed by atoms with E-state index in [4.69, 9.17) is 4.74 Å². The smallest absolute Gasteiger partial charge is 0.348 e. The molecule has 17 heavy (non-hydrogen) atoms. The lowest BCUT2D eigenvalue weighted by atomic mass is 10.2. The van der Waals surface area contributed by atoms with Gasteiger partial charge in [0.1, 0.15) is 4.88 Å². The van der Waals surface area contributed by atoms with E-state index in [1.54, 1.807) is 0 Å². The van der Waals surface area contributed by atoms with E-state index in [2.05, 4.69) is 15.9 Å². The van der Waals surface area contributed by atoms with Crippen LogP contribution in [-0.2, 0) is 4.74 Å². The second-order valence-corrected chi connectivity index (χ2v) is 6.02. The molecule has 2 aromatic rings. The first-order valence-electron chi connectivity index (χ1n) is 5.38.